The minimum atomic E-state index is 0.216. The summed E-state index contributed by atoms with van der Waals surface area (Å²) in [5, 5.41) is 4.80. The van der Waals surface area contributed by atoms with Gasteiger partial charge in [-0.15, -0.1) is 0 Å². The van der Waals surface area contributed by atoms with E-state index in [4.69, 9.17) is 4.74 Å². The Balaban J connectivity index is 2.07. The van der Waals surface area contributed by atoms with E-state index >= 15 is 0 Å². The van der Waals surface area contributed by atoms with E-state index in [0.717, 1.165) is 31.5 Å². The van der Waals surface area contributed by atoms with Gasteiger partial charge in [0.25, 0.3) is 0 Å². The van der Waals surface area contributed by atoms with Gasteiger partial charge in [0.2, 0.25) is 0 Å². The van der Waals surface area contributed by atoms with E-state index in [1.165, 1.54) is 16.5 Å². The molecule has 1 N–H and O–H groups in total. The molecule has 0 fully saturated rings. The Bertz CT molecular complexity index is 616. The molecule has 20 heavy (non-hydrogen) atoms. The van der Waals surface area contributed by atoms with E-state index in [0.29, 0.717) is 0 Å². The van der Waals surface area contributed by atoms with E-state index in [1.54, 1.807) is 0 Å². The van der Waals surface area contributed by atoms with Gasteiger partial charge < -0.3 is 10.1 Å². The van der Waals surface area contributed by atoms with Crippen molar-refractivity contribution in [2.24, 2.45) is 0 Å². The van der Waals surface area contributed by atoms with Crippen molar-refractivity contribution in [3.63, 3.8) is 0 Å². The first kappa shape index (κ1) is 13.1. The standard InChI is InChI=1S/C17H20N2O/c1-2-18-17(13-6-5-11-20-12-13)15-7-3-9-16-14(15)8-4-10-19-16/h3-4,7-10,12,17-18H,2,5-6,11H2,1H3. The number of nitrogens with zero attached hydrogens (tertiary/aromatic N) is 1. The Morgan fingerprint density at radius 2 is 2.25 bits per heavy atom. The second kappa shape index (κ2) is 6.06. The summed E-state index contributed by atoms with van der Waals surface area (Å²) >= 11 is 0. The third-order valence-electron chi connectivity index (χ3n) is 3.73. The van der Waals surface area contributed by atoms with Crippen LogP contribution < -0.4 is 5.32 Å². The van der Waals surface area contributed by atoms with Gasteiger partial charge in [-0.25, -0.2) is 0 Å². The second-order valence-corrected chi connectivity index (χ2v) is 5.08. The van der Waals surface area contributed by atoms with Crippen molar-refractivity contribution in [3.05, 3.63) is 53.9 Å². The number of hydrogen-bond acceptors (Lipinski definition) is 3. The van der Waals surface area contributed by atoms with Gasteiger partial charge in [0, 0.05) is 11.6 Å². The van der Waals surface area contributed by atoms with Crippen LogP contribution in [0.5, 0.6) is 0 Å². The SMILES string of the molecule is CCNC(C1=COCCC1)c1cccc2ncccc12. The number of ether oxygens (including phenoxy) is 1. The lowest BCUT2D eigenvalue weighted by Crippen LogP contribution is -2.24. The fraction of sp³-hybridized carbons (Fsp3) is 0.353. The lowest BCUT2D eigenvalue weighted by atomic mass is 9.92. The molecule has 0 saturated heterocycles. The molecule has 1 aliphatic rings. The van der Waals surface area contributed by atoms with Crippen molar-refractivity contribution in [2.45, 2.75) is 25.8 Å². The number of nitrogens with one attached hydrogen (secondary N) is 1. The van der Waals surface area contributed by atoms with E-state index in [1.807, 2.05) is 18.5 Å². The Morgan fingerprint density at radius 1 is 1.30 bits per heavy atom. The van der Waals surface area contributed by atoms with E-state index in [9.17, 15) is 0 Å². The van der Waals surface area contributed by atoms with Gasteiger partial charge in [-0.2, -0.15) is 0 Å². The molecule has 0 saturated carbocycles. The summed E-state index contributed by atoms with van der Waals surface area (Å²) in [5.41, 5.74) is 3.66. The summed E-state index contributed by atoms with van der Waals surface area (Å²) in [7, 11) is 0. The van der Waals surface area contributed by atoms with Crippen LogP contribution in [-0.2, 0) is 4.74 Å². The number of hydrogen-bond donors (Lipinski definition) is 1. The van der Waals surface area contributed by atoms with Gasteiger partial charge in [-0.1, -0.05) is 25.1 Å². The molecule has 0 bridgehead atoms. The lowest BCUT2D eigenvalue weighted by molar-refractivity contribution is 0.219. The predicted molar refractivity (Wildman–Crippen MR) is 81.4 cm³/mol. The molecule has 0 amide bonds. The zero-order valence-corrected chi connectivity index (χ0v) is 11.8. The molecule has 3 nitrogen and oxygen atoms in total. The minimum absolute atomic E-state index is 0.216. The van der Waals surface area contributed by atoms with Gasteiger partial charge in [-0.05, 0) is 42.7 Å². The highest BCUT2D eigenvalue weighted by Crippen LogP contribution is 2.31. The third-order valence-corrected chi connectivity index (χ3v) is 3.73. The van der Waals surface area contributed by atoms with Gasteiger partial charge in [0.15, 0.2) is 0 Å². The topological polar surface area (TPSA) is 34.1 Å². The number of likely N-dealkylation sites (N-methyl/N-ethyl adjacent to an activating group) is 1. The van der Waals surface area contributed by atoms with Crippen LogP contribution in [0.1, 0.15) is 31.4 Å². The summed E-state index contributed by atoms with van der Waals surface area (Å²) in [6.07, 6.45) is 5.97. The van der Waals surface area contributed by atoms with Crippen LogP contribution in [0.3, 0.4) is 0 Å². The first-order chi connectivity index (χ1) is 9.90. The fourth-order valence-corrected chi connectivity index (χ4v) is 2.82. The molecule has 3 rings (SSSR count). The molecule has 2 aromatic rings. The van der Waals surface area contributed by atoms with Crippen LogP contribution in [0.4, 0.5) is 0 Å². The van der Waals surface area contributed by atoms with Crippen molar-refractivity contribution in [1.29, 1.82) is 0 Å². The molecular weight excluding hydrogens is 248 g/mol. The second-order valence-electron chi connectivity index (χ2n) is 5.08. The van der Waals surface area contributed by atoms with Crippen LogP contribution in [0.2, 0.25) is 0 Å². The summed E-state index contributed by atoms with van der Waals surface area (Å²) < 4.78 is 5.53. The first-order valence-corrected chi connectivity index (χ1v) is 7.27. The summed E-state index contributed by atoms with van der Waals surface area (Å²) in [4.78, 5) is 4.45. The number of benzene rings is 1. The molecule has 3 heteroatoms. The van der Waals surface area contributed by atoms with Crippen LogP contribution in [0.25, 0.3) is 10.9 Å². The Hall–Kier alpha value is -1.87. The average molecular weight is 268 g/mol. The molecule has 2 heterocycles. The highest BCUT2D eigenvalue weighted by Gasteiger charge is 2.20. The van der Waals surface area contributed by atoms with Crippen LogP contribution >= 0.6 is 0 Å². The molecule has 0 spiro atoms. The number of rotatable bonds is 4. The van der Waals surface area contributed by atoms with Crippen LogP contribution in [0.15, 0.2) is 48.4 Å². The maximum absolute atomic E-state index is 5.53. The lowest BCUT2D eigenvalue weighted by Gasteiger charge is -2.25. The molecular formula is C17H20N2O. The van der Waals surface area contributed by atoms with Crippen LogP contribution in [0, 0.1) is 0 Å². The van der Waals surface area contributed by atoms with Crippen molar-refractivity contribution in [3.8, 4) is 0 Å². The summed E-state index contributed by atoms with van der Waals surface area (Å²) in [6, 6.07) is 10.7. The zero-order valence-electron chi connectivity index (χ0n) is 11.8. The fourth-order valence-electron chi connectivity index (χ4n) is 2.82. The Labute approximate surface area is 119 Å². The number of fused-ring (bicyclic) bond motifs is 1. The number of aromatic nitrogens is 1. The van der Waals surface area contributed by atoms with Crippen molar-refractivity contribution >= 4 is 10.9 Å². The smallest absolute Gasteiger partial charge is 0.0876 e. The van der Waals surface area contributed by atoms with Crippen molar-refractivity contribution in [2.75, 3.05) is 13.2 Å². The minimum Gasteiger partial charge on any atom is -0.501 e. The van der Waals surface area contributed by atoms with Crippen molar-refractivity contribution in [1.82, 2.24) is 10.3 Å². The Morgan fingerprint density at radius 3 is 3.05 bits per heavy atom. The van der Waals surface area contributed by atoms with Gasteiger partial charge in [0.05, 0.1) is 24.4 Å². The molecule has 1 aromatic heterocycles. The van der Waals surface area contributed by atoms with E-state index in [2.05, 4.69) is 41.5 Å². The van der Waals surface area contributed by atoms with E-state index in [-0.39, 0.29) is 6.04 Å². The van der Waals surface area contributed by atoms with Gasteiger partial charge >= 0.3 is 0 Å². The van der Waals surface area contributed by atoms with Crippen molar-refractivity contribution < 1.29 is 4.74 Å². The average Bonchev–Trinajstić information content (AvgIpc) is 2.53. The summed E-state index contributed by atoms with van der Waals surface area (Å²) in [5.74, 6) is 0. The van der Waals surface area contributed by atoms with Gasteiger partial charge in [0.1, 0.15) is 0 Å². The normalized spacial score (nSPS) is 16.6. The van der Waals surface area contributed by atoms with E-state index < -0.39 is 0 Å². The molecule has 0 radical (unpaired) electrons. The maximum atomic E-state index is 5.53. The molecule has 104 valence electrons. The molecule has 1 aliphatic heterocycles. The highest BCUT2D eigenvalue weighted by molar-refractivity contribution is 5.82. The predicted octanol–water partition coefficient (Wildman–Crippen LogP) is 3.58. The molecule has 1 aromatic carbocycles. The highest BCUT2D eigenvalue weighted by atomic mass is 16.5. The quantitative estimate of drug-likeness (QED) is 0.920. The largest absolute Gasteiger partial charge is 0.501 e. The molecule has 0 aliphatic carbocycles. The molecule has 1 unspecified atom stereocenters. The van der Waals surface area contributed by atoms with Gasteiger partial charge in [-0.3, -0.25) is 4.98 Å². The first-order valence-electron chi connectivity index (χ1n) is 7.27. The monoisotopic (exact) mass is 268 g/mol. The summed E-state index contributed by atoms with van der Waals surface area (Å²) in [6.45, 7) is 3.90. The molecule has 1 atom stereocenters. The number of pyridine rings is 1. The zero-order chi connectivity index (χ0) is 13.8. The third kappa shape index (κ3) is 2.54. The maximum Gasteiger partial charge on any atom is 0.0876 e. The van der Waals surface area contributed by atoms with Crippen LogP contribution in [-0.4, -0.2) is 18.1 Å². The Kier molecular flexibility index (Phi) is 3.97.